The molecule has 0 fully saturated rings. The van der Waals surface area contributed by atoms with Gasteiger partial charge in [-0.2, -0.15) is 9.61 Å². The fourth-order valence-corrected chi connectivity index (χ4v) is 5.57. The Morgan fingerprint density at radius 1 is 1.07 bits per heavy atom. The molecule has 1 atom stereocenters. The number of rotatable bonds is 10. The fraction of sp³-hybridized carbons (Fsp3) is 0.375. The van der Waals surface area contributed by atoms with Gasteiger partial charge in [0, 0.05) is 28.8 Å². The lowest BCUT2D eigenvalue weighted by Crippen LogP contribution is -2.41. The number of aryl methyl sites for hydroxylation is 1. The Bertz CT molecular complexity index is 1640. The molecular weight excluding hydrogens is 678 g/mol. The van der Waals surface area contributed by atoms with Gasteiger partial charge in [-0.3, -0.25) is 9.36 Å². The third-order valence-corrected chi connectivity index (χ3v) is 8.42. The predicted octanol–water partition coefficient (Wildman–Crippen LogP) is 6.89. The number of nitrogens with one attached hydrogen (secondary N) is 1. The third kappa shape index (κ3) is 7.94. The molecule has 228 valence electrons. The summed E-state index contributed by atoms with van der Waals surface area (Å²) in [6, 6.07) is 18.5. The van der Waals surface area contributed by atoms with Gasteiger partial charge in [0.25, 0.3) is 5.91 Å². The Kier molecular flexibility index (Phi) is 10.5. The second-order valence-electron chi connectivity index (χ2n) is 11.3. The van der Waals surface area contributed by atoms with Crippen LogP contribution in [0.25, 0.3) is 5.52 Å². The summed E-state index contributed by atoms with van der Waals surface area (Å²) in [5.41, 5.74) is 2.63. The van der Waals surface area contributed by atoms with Gasteiger partial charge in [-0.25, -0.2) is 9.59 Å². The Morgan fingerprint density at radius 2 is 1.74 bits per heavy atom. The van der Waals surface area contributed by atoms with Crippen LogP contribution in [-0.2, 0) is 11.3 Å². The first-order chi connectivity index (χ1) is 20.4. The van der Waals surface area contributed by atoms with E-state index in [-0.39, 0.29) is 11.6 Å². The van der Waals surface area contributed by atoms with Crippen molar-refractivity contribution in [2.45, 2.75) is 65.6 Å². The summed E-state index contributed by atoms with van der Waals surface area (Å²) in [5, 5.41) is 7.27. The molecule has 2 heterocycles. The largest absolute Gasteiger partial charge is 0.444 e. The molecular formula is C32H37Br2N5O4. The first-order valence-corrected chi connectivity index (χ1v) is 15.8. The Balaban J connectivity index is 1.76. The summed E-state index contributed by atoms with van der Waals surface area (Å²) in [7, 11) is 0. The van der Waals surface area contributed by atoms with Gasteiger partial charge in [0.05, 0.1) is 28.3 Å². The molecule has 0 aliphatic rings. The lowest BCUT2D eigenvalue weighted by molar-refractivity contribution is 0.0523. The zero-order chi connectivity index (χ0) is 31.3. The molecule has 43 heavy (non-hydrogen) atoms. The number of aromatic nitrogens is 3. The van der Waals surface area contributed by atoms with Crippen molar-refractivity contribution in [3.63, 3.8) is 0 Å². The van der Waals surface area contributed by atoms with Crippen molar-refractivity contribution in [1.82, 2.24) is 24.4 Å². The fourth-order valence-electron chi connectivity index (χ4n) is 4.94. The second-order valence-corrected chi connectivity index (χ2v) is 13.0. The number of halogens is 2. The van der Waals surface area contributed by atoms with E-state index in [0.29, 0.717) is 54.9 Å². The van der Waals surface area contributed by atoms with Crippen molar-refractivity contribution in [1.29, 1.82) is 0 Å². The van der Waals surface area contributed by atoms with E-state index >= 15 is 0 Å². The molecule has 0 aliphatic carbocycles. The zero-order valence-corrected chi connectivity index (χ0v) is 28.2. The van der Waals surface area contributed by atoms with Gasteiger partial charge >= 0.3 is 11.8 Å². The highest BCUT2D eigenvalue weighted by atomic mass is 79.9. The lowest BCUT2D eigenvalue weighted by Gasteiger charge is -2.33. The van der Waals surface area contributed by atoms with Crippen LogP contribution in [0.1, 0.15) is 73.9 Å². The second kappa shape index (κ2) is 13.9. The number of hydrogen-bond acceptors (Lipinski definition) is 5. The van der Waals surface area contributed by atoms with Gasteiger partial charge in [-0.1, -0.05) is 53.2 Å². The zero-order valence-electron chi connectivity index (χ0n) is 25.1. The van der Waals surface area contributed by atoms with Crippen molar-refractivity contribution in [3.05, 3.63) is 103 Å². The average molecular weight is 715 g/mol. The van der Waals surface area contributed by atoms with Crippen molar-refractivity contribution < 1.29 is 14.3 Å². The van der Waals surface area contributed by atoms with Crippen LogP contribution in [0, 0.1) is 6.92 Å². The van der Waals surface area contributed by atoms with E-state index in [1.807, 2.05) is 83.1 Å². The molecule has 0 saturated heterocycles. The maximum Gasteiger partial charge on any atom is 0.407 e. The number of hydrogen-bond donors (Lipinski definition) is 1. The number of nitrogens with zero attached hydrogens (tertiary/aromatic N) is 4. The van der Waals surface area contributed by atoms with Crippen molar-refractivity contribution in [3.8, 4) is 0 Å². The molecule has 4 aromatic rings. The van der Waals surface area contributed by atoms with Crippen LogP contribution in [0.2, 0.25) is 0 Å². The highest BCUT2D eigenvalue weighted by Gasteiger charge is 2.29. The SMILES string of the molecule is CC[C@H](c1cc2c(Br)c(C)nn2c(=O)n1Cc1ccccc1)N(CCCNC(=O)OC(C)(C)C)C(=O)c1ccc(Br)cc1. The monoisotopic (exact) mass is 713 g/mol. The average Bonchev–Trinajstić information content (AvgIpc) is 3.25. The topological polar surface area (TPSA) is 97.9 Å². The van der Waals surface area contributed by atoms with E-state index < -0.39 is 17.7 Å². The molecule has 9 nitrogen and oxygen atoms in total. The van der Waals surface area contributed by atoms with Crippen molar-refractivity contribution >= 4 is 49.4 Å². The number of fused-ring (bicyclic) bond motifs is 1. The molecule has 2 amide bonds. The van der Waals surface area contributed by atoms with Crippen LogP contribution in [-0.4, -0.2) is 49.8 Å². The molecule has 0 radical (unpaired) electrons. The summed E-state index contributed by atoms with van der Waals surface area (Å²) < 4.78 is 10.1. The molecule has 0 unspecified atom stereocenters. The number of alkyl carbamates (subject to hydrolysis) is 1. The van der Waals surface area contributed by atoms with E-state index in [0.717, 1.165) is 14.5 Å². The van der Waals surface area contributed by atoms with Crippen LogP contribution >= 0.6 is 31.9 Å². The van der Waals surface area contributed by atoms with Gasteiger partial charge in [0.15, 0.2) is 0 Å². The summed E-state index contributed by atoms with van der Waals surface area (Å²) in [5.74, 6) is -0.168. The summed E-state index contributed by atoms with van der Waals surface area (Å²) in [6.07, 6.45) is 0.531. The number of carbonyl (C=O) groups excluding carboxylic acids is 2. The van der Waals surface area contributed by atoms with E-state index in [1.165, 1.54) is 4.52 Å². The van der Waals surface area contributed by atoms with Crippen molar-refractivity contribution in [2.75, 3.05) is 13.1 Å². The molecule has 0 spiro atoms. The maximum atomic E-state index is 14.1. The predicted molar refractivity (Wildman–Crippen MR) is 174 cm³/mol. The van der Waals surface area contributed by atoms with E-state index in [1.54, 1.807) is 21.6 Å². The normalized spacial score (nSPS) is 12.3. The van der Waals surface area contributed by atoms with Crippen LogP contribution in [0.3, 0.4) is 0 Å². The third-order valence-electron chi connectivity index (χ3n) is 6.91. The van der Waals surface area contributed by atoms with Gasteiger partial charge in [-0.05, 0) is 92.4 Å². The molecule has 11 heteroatoms. The van der Waals surface area contributed by atoms with Crippen LogP contribution in [0.4, 0.5) is 4.79 Å². The molecule has 1 N–H and O–H groups in total. The van der Waals surface area contributed by atoms with Crippen molar-refractivity contribution in [2.24, 2.45) is 0 Å². The number of ether oxygens (including phenoxy) is 1. The Labute approximate surface area is 268 Å². The van der Waals surface area contributed by atoms with Crippen LogP contribution in [0.5, 0.6) is 0 Å². The Morgan fingerprint density at radius 3 is 2.37 bits per heavy atom. The van der Waals surface area contributed by atoms with Crippen LogP contribution in [0.15, 0.2) is 74.4 Å². The molecule has 2 aromatic carbocycles. The first kappa shape index (κ1) is 32.5. The maximum absolute atomic E-state index is 14.1. The smallest absolute Gasteiger partial charge is 0.407 e. The minimum Gasteiger partial charge on any atom is -0.444 e. The van der Waals surface area contributed by atoms with Crippen LogP contribution < -0.4 is 11.0 Å². The highest BCUT2D eigenvalue weighted by Crippen LogP contribution is 2.30. The molecule has 2 aromatic heterocycles. The number of carbonyl (C=O) groups is 2. The van der Waals surface area contributed by atoms with Gasteiger partial charge in [0.2, 0.25) is 0 Å². The molecule has 0 saturated carbocycles. The minimum absolute atomic E-state index is 0.168. The summed E-state index contributed by atoms with van der Waals surface area (Å²) >= 11 is 7.06. The van der Waals surface area contributed by atoms with E-state index in [4.69, 9.17) is 4.74 Å². The highest BCUT2D eigenvalue weighted by molar-refractivity contribution is 9.11. The lowest BCUT2D eigenvalue weighted by atomic mass is 10.0. The van der Waals surface area contributed by atoms with Gasteiger partial charge in [0.1, 0.15) is 5.60 Å². The van der Waals surface area contributed by atoms with Gasteiger partial charge < -0.3 is 15.0 Å². The molecule has 4 rings (SSSR count). The molecule has 0 aliphatic heterocycles. The van der Waals surface area contributed by atoms with Gasteiger partial charge in [-0.15, -0.1) is 0 Å². The minimum atomic E-state index is -0.609. The Hall–Kier alpha value is -3.44. The van der Waals surface area contributed by atoms with E-state index in [2.05, 4.69) is 42.3 Å². The first-order valence-electron chi connectivity index (χ1n) is 14.3. The number of benzene rings is 2. The summed E-state index contributed by atoms with van der Waals surface area (Å²) in [6.45, 7) is 10.2. The number of amides is 2. The summed E-state index contributed by atoms with van der Waals surface area (Å²) in [4.78, 5) is 42.1. The standard InChI is InChI=1S/C32H37Br2N5O4/c1-6-25(26-19-27-28(34)21(2)36-39(27)31(42)38(26)20-22-11-8-7-9-12-22)37(29(40)23-13-15-24(33)16-14-23)18-10-17-35-30(41)43-32(3,4)5/h7-9,11-16,19,25H,6,10,17-18,20H2,1-5H3,(H,35,41)/t25-/m1/s1. The van der Waals surface area contributed by atoms with E-state index in [9.17, 15) is 14.4 Å². The quantitative estimate of drug-likeness (QED) is 0.181. The molecule has 0 bridgehead atoms.